The first-order valence-corrected chi connectivity index (χ1v) is 4.15. The largest absolute Gasteiger partial charge is 0.466 e. The van der Waals surface area contributed by atoms with Crippen LogP contribution in [0.25, 0.3) is 0 Å². The van der Waals surface area contributed by atoms with E-state index in [9.17, 15) is 9.59 Å². The van der Waals surface area contributed by atoms with Crippen molar-refractivity contribution in [1.29, 1.82) is 0 Å². The van der Waals surface area contributed by atoms with Gasteiger partial charge in [-0.3, -0.25) is 0 Å². The Morgan fingerprint density at radius 2 is 1.79 bits per heavy atom. The molecule has 0 aliphatic carbocycles. The molecule has 14 heavy (non-hydrogen) atoms. The van der Waals surface area contributed by atoms with Gasteiger partial charge in [0, 0.05) is 6.04 Å². The quantitative estimate of drug-likeness (QED) is 0.520. The summed E-state index contributed by atoms with van der Waals surface area (Å²) < 4.78 is 8.87. The van der Waals surface area contributed by atoms with E-state index in [1.54, 1.807) is 0 Å². The average molecular weight is 201 g/mol. The second-order valence-corrected chi connectivity index (χ2v) is 2.87. The number of carbonyl (C=O) groups excluding carboxylic acids is 2. The Kier molecular flexibility index (Phi) is 5.36. The number of carbonyl (C=O) groups is 2. The van der Waals surface area contributed by atoms with Crippen LogP contribution < -0.4 is 5.32 Å². The SMILES string of the molecule is COC(=O)C=C(NC(C)C)C(=O)OC. The van der Waals surface area contributed by atoms with Crippen LogP contribution in [0.1, 0.15) is 13.8 Å². The maximum absolute atomic E-state index is 11.1. The zero-order valence-electron chi connectivity index (χ0n) is 8.79. The van der Waals surface area contributed by atoms with Gasteiger partial charge in [0.2, 0.25) is 0 Å². The van der Waals surface area contributed by atoms with E-state index in [2.05, 4.69) is 14.8 Å². The molecule has 80 valence electrons. The lowest BCUT2D eigenvalue weighted by Crippen LogP contribution is -2.28. The van der Waals surface area contributed by atoms with Gasteiger partial charge >= 0.3 is 11.9 Å². The van der Waals surface area contributed by atoms with E-state index in [1.807, 2.05) is 13.8 Å². The van der Waals surface area contributed by atoms with Crippen molar-refractivity contribution in [2.75, 3.05) is 14.2 Å². The summed E-state index contributed by atoms with van der Waals surface area (Å²) >= 11 is 0. The van der Waals surface area contributed by atoms with Crippen LogP contribution in [0.3, 0.4) is 0 Å². The smallest absolute Gasteiger partial charge is 0.354 e. The summed E-state index contributed by atoms with van der Waals surface area (Å²) in [4.78, 5) is 22.0. The van der Waals surface area contributed by atoms with Crippen molar-refractivity contribution in [3.8, 4) is 0 Å². The Bertz CT molecular complexity index is 245. The molecule has 0 aromatic carbocycles. The second kappa shape index (κ2) is 6.01. The number of hydrogen-bond acceptors (Lipinski definition) is 5. The van der Waals surface area contributed by atoms with Crippen LogP contribution in [0.15, 0.2) is 11.8 Å². The van der Waals surface area contributed by atoms with Crippen LogP contribution in [0.5, 0.6) is 0 Å². The van der Waals surface area contributed by atoms with E-state index in [-0.39, 0.29) is 11.7 Å². The van der Waals surface area contributed by atoms with Crippen molar-refractivity contribution in [3.63, 3.8) is 0 Å². The Labute approximate surface area is 83.1 Å². The minimum absolute atomic E-state index is 0.0324. The summed E-state index contributed by atoms with van der Waals surface area (Å²) in [5, 5.41) is 2.78. The zero-order valence-corrected chi connectivity index (χ0v) is 8.79. The van der Waals surface area contributed by atoms with Gasteiger partial charge < -0.3 is 14.8 Å². The summed E-state index contributed by atoms with van der Waals surface area (Å²) in [7, 11) is 2.48. The van der Waals surface area contributed by atoms with Gasteiger partial charge in [0.25, 0.3) is 0 Å². The van der Waals surface area contributed by atoms with Crippen LogP contribution in [0, 0.1) is 0 Å². The predicted molar refractivity (Wildman–Crippen MR) is 50.4 cm³/mol. The molecule has 0 aromatic rings. The minimum Gasteiger partial charge on any atom is -0.466 e. The molecule has 0 atom stereocenters. The monoisotopic (exact) mass is 201 g/mol. The average Bonchev–Trinajstić information content (AvgIpc) is 2.14. The number of esters is 2. The molecular formula is C9H15NO4. The number of nitrogens with one attached hydrogen (secondary N) is 1. The number of hydrogen-bond donors (Lipinski definition) is 1. The van der Waals surface area contributed by atoms with Gasteiger partial charge in [-0.25, -0.2) is 9.59 Å². The van der Waals surface area contributed by atoms with Crippen LogP contribution >= 0.6 is 0 Å². The van der Waals surface area contributed by atoms with Crippen LogP contribution in [0.4, 0.5) is 0 Å². The molecule has 0 spiro atoms. The van der Waals surface area contributed by atoms with E-state index < -0.39 is 11.9 Å². The maximum Gasteiger partial charge on any atom is 0.354 e. The third kappa shape index (κ3) is 4.49. The standard InChI is InChI=1S/C9H15NO4/c1-6(2)10-7(9(12)14-4)5-8(11)13-3/h5-6,10H,1-4H3. The molecule has 0 aliphatic rings. The molecule has 0 fully saturated rings. The predicted octanol–water partition coefficient (Wildman–Crippen LogP) is 0.214. The first-order valence-electron chi connectivity index (χ1n) is 4.15. The molecule has 0 saturated carbocycles. The van der Waals surface area contributed by atoms with E-state index in [1.165, 1.54) is 14.2 Å². The molecule has 0 aliphatic heterocycles. The number of methoxy groups -OCH3 is 2. The second-order valence-electron chi connectivity index (χ2n) is 2.87. The molecule has 0 unspecified atom stereocenters. The lowest BCUT2D eigenvalue weighted by Gasteiger charge is -2.11. The molecular weight excluding hydrogens is 186 g/mol. The molecule has 0 aromatic heterocycles. The van der Waals surface area contributed by atoms with Crippen LogP contribution in [0.2, 0.25) is 0 Å². The highest BCUT2D eigenvalue weighted by Gasteiger charge is 2.12. The van der Waals surface area contributed by atoms with Gasteiger partial charge in [-0.05, 0) is 13.8 Å². The topological polar surface area (TPSA) is 64.6 Å². The summed E-state index contributed by atoms with van der Waals surface area (Å²) in [6.07, 6.45) is 1.06. The number of rotatable bonds is 4. The Morgan fingerprint density at radius 3 is 2.14 bits per heavy atom. The fraction of sp³-hybridized carbons (Fsp3) is 0.556. The number of ether oxygens (including phenoxy) is 2. The Balaban J connectivity index is 4.62. The van der Waals surface area contributed by atoms with E-state index >= 15 is 0 Å². The molecule has 1 N–H and O–H groups in total. The first kappa shape index (κ1) is 12.5. The Hall–Kier alpha value is -1.52. The molecule has 0 saturated heterocycles. The van der Waals surface area contributed by atoms with Gasteiger partial charge in [-0.1, -0.05) is 0 Å². The molecule has 5 nitrogen and oxygen atoms in total. The Morgan fingerprint density at radius 1 is 1.21 bits per heavy atom. The van der Waals surface area contributed by atoms with Gasteiger partial charge in [-0.15, -0.1) is 0 Å². The van der Waals surface area contributed by atoms with Crippen molar-refractivity contribution < 1.29 is 19.1 Å². The van der Waals surface area contributed by atoms with Crippen LogP contribution in [-0.4, -0.2) is 32.2 Å². The first-order chi connectivity index (χ1) is 6.51. The highest BCUT2D eigenvalue weighted by molar-refractivity contribution is 5.95. The minimum atomic E-state index is -0.599. The third-order valence-corrected chi connectivity index (χ3v) is 1.31. The van der Waals surface area contributed by atoms with Crippen molar-refractivity contribution >= 4 is 11.9 Å². The lowest BCUT2D eigenvalue weighted by molar-refractivity contribution is -0.138. The van der Waals surface area contributed by atoms with Gasteiger partial charge in [0.1, 0.15) is 5.70 Å². The van der Waals surface area contributed by atoms with Crippen molar-refractivity contribution in [2.45, 2.75) is 19.9 Å². The van der Waals surface area contributed by atoms with Crippen molar-refractivity contribution in [2.24, 2.45) is 0 Å². The fourth-order valence-electron chi connectivity index (χ4n) is 0.757. The third-order valence-electron chi connectivity index (χ3n) is 1.31. The summed E-state index contributed by atoms with van der Waals surface area (Å²) in [5.74, 6) is -1.19. The molecule has 5 heteroatoms. The van der Waals surface area contributed by atoms with Crippen LogP contribution in [-0.2, 0) is 19.1 Å². The lowest BCUT2D eigenvalue weighted by atomic mass is 10.3. The highest BCUT2D eigenvalue weighted by atomic mass is 16.5. The van der Waals surface area contributed by atoms with E-state index in [0.29, 0.717) is 0 Å². The summed E-state index contributed by atoms with van der Waals surface area (Å²) in [5.41, 5.74) is 0.0920. The van der Waals surface area contributed by atoms with E-state index in [0.717, 1.165) is 6.08 Å². The molecule has 0 bridgehead atoms. The summed E-state index contributed by atoms with van der Waals surface area (Å²) in [6.45, 7) is 3.68. The summed E-state index contributed by atoms with van der Waals surface area (Å²) in [6, 6.07) is 0.0324. The molecule has 0 rings (SSSR count). The van der Waals surface area contributed by atoms with Gasteiger partial charge in [-0.2, -0.15) is 0 Å². The normalized spacial score (nSPS) is 11.1. The maximum atomic E-state index is 11.1. The molecule has 0 radical (unpaired) electrons. The molecule has 0 heterocycles. The fourth-order valence-corrected chi connectivity index (χ4v) is 0.757. The van der Waals surface area contributed by atoms with E-state index in [4.69, 9.17) is 0 Å². The van der Waals surface area contributed by atoms with Gasteiger partial charge in [0.15, 0.2) is 0 Å². The van der Waals surface area contributed by atoms with Crippen molar-refractivity contribution in [1.82, 2.24) is 5.32 Å². The van der Waals surface area contributed by atoms with Gasteiger partial charge in [0.05, 0.1) is 20.3 Å². The zero-order chi connectivity index (χ0) is 11.1. The van der Waals surface area contributed by atoms with Crippen molar-refractivity contribution in [3.05, 3.63) is 11.8 Å². The molecule has 0 amide bonds. The highest BCUT2D eigenvalue weighted by Crippen LogP contribution is 1.96.